The number of halogens is 2. The van der Waals surface area contributed by atoms with Gasteiger partial charge in [-0.15, -0.1) is 0 Å². The lowest BCUT2D eigenvalue weighted by atomic mass is 10.2. The van der Waals surface area contributed by atoms with Gasteiger partial charge >= 0.3 is 0 Å². The third-order valence-electron chi connectivity index (χ3n) is 1.52. The molecule has 1 aromatic rings. The molecule has 0 saturated carbocycles. The first-order valence-corrected chi connectivity index (χ1v) is 4.09. The van der Waals surface area contributed by atoms with Crippen molar-refractivity contribution in [1.29, 1.82) is 0 Å². The smallest absolute Gasteiger partial charge is 0.270 e. The van der Waals surface area contributed by atoms with Crippen LogP contribution in [0.15, 0.2) is 43.0 Å². The standard InChI is InChI=1S/C11H10F2O/c1-2-7-14-10-5-3-9(4-6-10)8-11(12)13/h2-6,8H,1,7H2. The molecule has 0 aliphatic heterocycles. The van der Waals surface area contributed by atoms with Gasteiger partial charge in [-0.3, -0.25) is 0 Å². The first kappa shape index (κ1) is 10.4. The van der Waals surface area contributed by atoms with E-state index in [0.717, 1.165) is 6.08 Å². The van der Waals surface area contributed by atoms with E-state index < -0.39 is 6.08 Å². The third-order valence-corrected chi connectivity index (χ3v) is 1.52. The largest absolute Gasteiger partial charge is 0.490 e. The summed E-state index contributed by atoms with van der Waals surface area (Å²) in [5, 5.41) is 0. The molecule has 0 saturated heterocycles. The Morgan fingerprint density at radius 2 is 1.93 bits per heavy atom. The maximum Gasteiger partial charge on any atom is 0.270 e. The summed E-state index contributed by atoms with van der Waals surface area (Å²) in [6.45, 7) is 3.91. The van der Waals surface area contributed by atoms with Gasteiger partial charge in [0.15, 0.2) is 0 Å². The SMILES string of the molecule is C=CCOc1ccc(C=C(F)F)cc1. The Labute approximate surface area is 81.3 Å². The van der Waals surface area contributed by atoms with Crippen molar-refractivity contribution < 1.29 is 13.5 Å². The topological polar surface area (TPSA) is 9.23 Å². The normalized spacial score (nSPS) is 9.29. The zero-order chi connectivity index (χ0) is 10.4. The third kappa shape index (κ3) is 3.39. The molecule has 0 aliphatic carbocycles. The molecule has 14 heavy (non-hydrogen) atoms. The molecule has 0 N–H and O–H groups in total. The number of ether oxygens (including phenoxy) is 1. The van der Waals surface area contributed by atoms with Crippen molar-refractivity contribution in [2.24, 2.45) is 0 Å². The zero-order valence-electron chi connectivity index (χ0n) is 7.54. The molecule has 1 nitrogen and oxygen atoms in total. The van der Waals surface area contributed by atoms with Crippen molar-refractivity contribution >= 4 is 6.08 Å². The van der Waals surface area contributed by atoms with Crippen LogP contribution in [0.5, 0.6) is 5.75 Å². The molecule has 74 valence electrons. The van der Waals surface area contributed by atoms with E-state index in [4.69, 9.17) is 4.74 Å². The molecule has 0 amide bonds. The van der Waals surface area contributed by atoms with Gasteiger partial charge in [-0.05, 0) is 17.7 Å². The second kappa shape index (κ2) is 5.17. The Morgan fingerprint density at radius 3 is 2.43 bits per heavy atom. The highest BCUT2D eigenvalue weighted by Crippen LogP contribution is 2.15. The fourth-order valence-corrected chi connectivity index (χ4v) is 0.941. The van der Waals surface area contributed by atoms with Crippen molar-refractivity contribution in [3.63, 3.8) is 0 Å². The Bertz CT molecular complexity index is 324. The predicted molar refractivity (Wildman–Crippen MR) is 52.3 cm³/mol. The molecular weight excluding hydrogens is 186 g/mol. The highest BCUT2D eigenvalue weighted by Gasteiger charge is 1.94. The summed E-state index contributed by atoms with van der Waals surface area (Å²) in [4.78, 5) is 0. The summed E-state index contributed by atoms with van der Waals surface area (Å²) in [6.07, 6.45) is 0.719. The predicted octanol–water partition coefficient (Wildman–Crippen LogP) is 3.49. The van der Waals surface area contributed by atoms with Crippen molar-refractivity contribution in [2.75, 3.05) is 6.61 Å². The molecule has 0 radical (unpaired) electrons. The maximum absolute atomic E-state index is 11.8. The molecule has 3 heteroatoms. The van der Waals surface area contributed by atoms with E-state index in [0.29, 0.717) is 17.9 Å². The lowest BCUT2D eigenvalue weighted by Gasteiger charge is -2.02. The minimum atomic E-state index is -1.70. The van der Waals surface area contributed by atoms with Crippen LogP contribution in [0.25, 0.3) is 6.08 Å². The highest BCUT2D eigenvalue weighted by molar-refractivity contribution is 5.50. The van der Waals surface area contributed by atoms with Gasteiger partial charge in [-0.25, -0.2) is 0 Å². The average Bonchev–Trinajstić information content (AvgIpc) is 2.16. The zero-order valence-corrected chi connectivity index (χ0v) is 7.54. The lowest BCUT2D eigenvalue weighted by Crippen LogP contribution is -1.91. The van der Waals surface area contributed by atoms with Crippen LogP contribution in [0.4, 0.5) is 8.78 Å². The average molecular weight is 196 g/mol. The molecule has 0 aromatic heterocycles. The fourth-order valence-electron chi connectivity index (χ4n) is 0.941. The summed E-state index contributed by atoms with van der Waals surface area (Å²) < 4.78 is 28.9. The second-order valence-corrected chi connectivity index (χ2v) is 2.60. The lowest BCUT2D eigenvalue weighted by molar-refractivity contribution is 0.363. The van der Waals surface area contributed by atoms with E-state index in [1.165, 1.54) is 0 Å². The summed E-state index contributed by atoms with van der Waals surface area (Å²) in [5.74, 6) is 0.640. The van der Waals surface area contributed by atoms with Crippen LogP contribution in [0.3, 0.4) is 0 Å². The summed E-state index contributed by atoms with van der Waals surface area (Å²) >= 11 is 0. The van der Waals surface area contributed by atoms with Crippen molar-refractivity contribution in [3.05, 3.63) is 48.6 Å². The summed E-state index contributed by atoms with van der Waals surface area (Å²) in [7, 11) is 0. The van der Waals surface area contributed by atoms with Crippen LogP contribution in [0.2, 0.25) is 0 Å². The number of benzene rings is 1. The van der Waals surface area contributed by atoms with Crippen LogP contribution in [-0.2, 0) is 0 Å². The summed E-state index contributed by atoms with van der Waals surface area (Å²) in [6, 6.07) is 6.41. The van der Waals surface area contributed by atoms with Crippen LogP contribution in [0, 0.1) is 0 Å². The van der Waals surface area contributed by atoms with Crippen LogP contribution < -0.4 is 4.74 Å². The van der Waals surface area contributed by atoms with Crippen LogP contribution in [0.1, 0.15) is 5.56 Å². The molecular formula is C11H10F2O. The van der Waals surface area contributed by atoms with Gasteiger partial charge in [0.1, 0.15) is 12.4 Å². The van der Waals surface area contributed by atoms with Gasteiger partial charge in [0.25, 0.3) is 6.08 Å². The first-order chi connectivity index (χ1) is 6.72. The minimum Gasteiger partial charge on any atom is -0.490 e. The quantitative estimate of drug-likeness (QED) is 0.670. The van der Waals surface area contributed by atoms with E-state index in [1.807, 2.05) is 0 Å². The molecule has 0 aliphatic rings. The molecule has 0 atom stereocenters. The van der Waals surface area contributed by atoms with E-state index in [-0.39, 0.29) is 0 Å². The van der Waals surface area contributed by atoms with E-state index in [2.05, 4.69) is 6.58 Å². The number of hydrogen-bond acceptors (Lipinski definition) is 1. The van der Waals surface area contributed by atoms with Crippen molar-refractivity contribution in [1.82, 2.24) is 0 Å². The van der Waals surface area contributed by atoms with E-state index in [1.54, 1.807) is 30.3 Å². The van der Waals surface area contributed by atoms with Gasteiger partial charge < -0.3 is 4.74 Å². The van der Waals surface area contributed by atoms with Crippen LogP contribution >= 0.6 is 0 Å². The van der Waals surface area contributed by atoms with Crippen LogP contribution in [-0.4, -0.2) is 6.61 Å². The maximum atomic E-state index is 11.8. The Hall–Kier alpha value is -1.64. The van der Waals surface area contributed by atoms with Gasteiger partial charge in [-0.2, -0.15) is 8.78 Å². The molecule has 1 aromatic carbocycles. The van der Waals surface area contributed by atoms with Gasteiger partial charge in [0.05, 0.1) is 0 Å². The fraction of sp³-hybridized carbons (Fsp3) is 0.0909. The molecule has 1 rings (SSSR count). The molecule has 0 spiro atoms. The molecule has 0 fully saturated rings. The summed E-state index contributed by atoms with van der Waals surface area (Å²) in [5.41, 5.74) is 0.455. The Balaban J connectivity index is 2.68. The Kier molecular flexibility index (Phi) is 3.85. The monoisotopic (exact) mass is 196 g/mol. The van der Waals surface area contributed by atoms with Gasteiger partial charge in [0, 0.05) is 6.08 Å². The highest BCUT2D eigenvalue weighted by atomic mass is 19.3. The molecule has 0 unspecified atom stereocenters. The second-order valence-electron chi connectivity index (χ2n) is 2.60. The van der Waals surface area contributed by atoms with Gasteiger partial charge in [0.2, 0.25) is 0 Å². The first-order valence-electron chi connectivity index (χ1n) is 4.09. The van der Waals surface area contributed by atoms with Crippen molar-refractivity contribution in [2.45, 2.75) is 0 Å². The number of rotatable bonds is 4. The number of hydrogen-bond donors (Lipinski definition) is 0. The molecule has 0 bridgehead atoms. The van der Waals surface area contributed by atoms with E-state index in [9.17, 15) is 8.78 Å². The minimum absolute atomic E-state index is 0.409. The molecule has 0 heterocycles. The van der Waals surface area contributed by atoms with Crippen molar-refractivity contribution in [3.8, 4) is 5.75 Å². The van der Waals surface area contributed by atoms with Gasteiger partial charge in [-0.1, -0.05) is 24.8 Å². The Morgan fingerprint density at radius 1 is 1.29 bits per heavy atom. The van der Waals surface area contributed by atoms with E-state index >= 15 is 0 Å².